The van der Waals surface area contributed by atoms with E-state index in [0.717, 1.165) is 37.4 Å². The van der Waals surface area contributed by atoms with Gasteiger partial charge < -0.3 is 9.47 Å². The zero-order valence-corrected chi connectivity index (χ0v) is 12.5. The Labute approximate surface area is 130 Å². The Bertz CT molecular complexity index is 674. The molecule has 2 N–H and O–H groups in total. The number of fused-ring (bicyclic) bond motifs is 2. The normalized spacial score (nSPS) is 20.3. The van der Waals surface area contributed by atoms with Gasteiger partial charge in [-0.05, 0) is 30.5 Å². The lowest BCUT2D eigenvalue weighted by molar-refractivity contribution is 0.177. The number of nitrogens with one attached hydrogen (secondary N) is 2. The Hall–Kier alpha value is -2.04. The van der Waals surface area contributed by atoms with Gasteiger partial charge in [0.25, 0.3) is 0 Å². The van der Waals surface area contributed by atoms with Crippen molar-refractivity contribution in [3.63, 3.8) is 0 Å². The third kappa shape index (κ3) is 2.80. The summed E-state index contributed by atoms with van der Waals surface area (Å²) in [6.45, 7) is 2.99. The first-order chi connectivity index (χ1) is 10.9. The summed E-state index contributed by atoms with van der Waals surface area (Å²) in [4.78, 5) is 0. The average molecular weight is 296 g/mol. The molecule has 0 atom stereocenters. The van der Waals surface area contributed by atoms with Crippen LogP contribution in [0.2, 0.25) is 0 Å². The van der Waals surface area contributed by atoms with Gasteiger partial charge in [0.1, 0.15) is 25.0 Å². The molecule has 0 saturated carbocycles. The zero-order valence-electron chi connectivity index (χ0n) is 12.5. The molecule has 0 bridgehead atoms. The minimum absolute atomic E-state index is 0.601. The molecule has 3 aliphatic rings. The average Bonchev–Trinajstić information content (AvgIpc) is 2.78. The van der Waals surface area contributed by atoms with Gasteiger partial charge >= 0.3 is 0 Å². The molecule has 1 aliphatic carbocycles. The summed E-state index contributed by atoms with van der Waals surface area (Å²) in [5, 5.41) is 6.47. The molecule has 4 heteroatoms. The van der Waals surface area contributed by atoms with Crippen molar-refractivity contribution in [2.45, 2.75) is 19.4 Å². The lowest BCUT2D eigenvalue weighted by atomic mass is 9.99. The fourth-order valence-corrected chi connectivity index (χ4v) is 3.07. The van der Waals surface area contributed by atoms with Crippen molar-refractivity contribution in [2.24, 2.45) is 0 Å². The highest BCUT2D eigenvalue weighted by Crippen LogP contribution is 2.26. The van der Waals surface area contributed by atoms with E-state index in [9.17, 15) is 0 Å². The molecule has 0 unspecified atom stereocenters. The summed E-state index contributed by atoms with van der Waals surface area (Å²) < 4.78 is 11.2. The number of benzene rings is 1. The molecule has 1 fully saturated rings. The molecule has 4 nitrogen and oxygen atoms in total. The van der Waals surface area contributed by atoms with Gasteiger partial charge in [0.05, 0.1) is 0 Å². The molecule has 114 valence electrons. The fraction of sp³-hybridized carbons (Fsp3) is 0.333. The van der Waals surface area contributed by atoms with Crippen LogP contribution in [-0.4, -0.2) is 20.0 Å². The summed E-state index contributed by atoms with van der Waals surface area (Å²) in [6, 6.07) is 6.51. The van der Waals surface area contributed by atoms with Gasteiger partial charge in [-0.1, -0.05) is 29.9 Å². The first-order valence-corrected chi connectivity index (χ1v) is 7.76. The van der Waals surface area contributed by atoms with E-state index in [1.807, 2.05) is 0 Å². The lowest BCUT2D eigenvalue weighted by Gasteiger charge is -2.19. The van der Waals surface area contributed by atoms with Crippen molar-refractivity contribution in [3.8, 4) is 5.75 Å². The Morgan fingerprint density at radius 3 is 2.91 bits per heavy atom. The van der Waals surface area contributed by atoms with Crippen LogP contribution in [0.15, 0.2) is 53.3 Å². The molecule has 22 heavy (non-hydrogen) atoms. The van der Waals surface area contributed by atoms with E-state index in [1.165, 1.54) is 22.3 Å². The molecule has 0 spiro atoms. The van der Waals surface area contributed by atoms with E-state index in [2.05, 4.69) is 47.1 Å². The maximum Gasteiger partial charge on any atom is 0.139 e. The topological polar surface area (TPSA) is 42.5 Å². The largest absolute Gasteiger partial charge is 0.478 e. The predicted octanol–water partition coefficient (Wildman–Crippen LogP) is 2.39. The van der Waals surface area contributed by atoms with Gasteiger partial charge in [-0.25, -0.2) is 0 Å². The summed E-state index contributed by atoms with van der Waals surface area (Å²) in [5.74, 6) is 2.02. The first-order valence-electron chi connectivity index (χ1n) is 7.76. The highest BCUT2D eigenvalue weighted by Gasteiger charge is 2.15. The van der Waals surface area contributed by atoms with Crippen LogP contribution >= 0.6 is 0 Å². The van der Waals surface area contributed by atoms with E-state index < -0.39 is 0 Å². The van der Waals surface area contributed by atoms with E-state index in [0.29, 0.717) is 13.5 Å². The first kappa shape index (κ1) is 13.6. The summed E-state index contributed by atoms with van der Waals surface area (Å²) in [6.07, 6.45) is 8.54. The second-order valence-electron chi connectivity index (χ2n) is 5.84. The quantitative estimate of drug-likeness (QED) is 0.879. The van der Waals surface area contributed by atoms with E-state index in [4.69, 9.17) is 9.47 Å². The summed E-state index contributed by atoms with van der Waals surface area (Å²) in [5.41, 5.74) is 5.25. The van der Waals surface area contributed by atoms with Gasteiger partial charge in [0.2, 0.25) is 0 Å². The molecule has 4 rings (SSSR count). The molecule has 1 saturated heterocycles. The molecule has 0 aromatic heterocycles. The minimum Gasteiger partial charge on any atom is -0.478 e. The van der Waals surface area contributed by atoms with Crippen LogP contribution in [-0.2, 0) is 17.7 Å². The predicted molar refractivity (Wildman–Crippen MR) is 85.3 cm³/mol. The van der Waals surface area contributed by atoms with Crippen LogP contribution < -0.4 is 15.4 Å². The van der Waals surface area contributed by atoms with Crippen molar-refractivity contribution < 1.29 is 9.47 Å². The second kappa shape index (κ2) is 5.99. The van der Waals surface area contributed by atoms with Crippen LogP contribution in [0.3, 0.4) is 0 Å². The van der Waals surface area contributed by atoms with Crippen LogP contribution in [0, 0.1) is 0 Å². The van der Waals surface area contributed by atoms with Crippen molar-refractivity contribution in [1.82, 2.24) is 10.6 Å². The van der Waals surface area contributed by atoms with E-state index in [-0.39, 0.29) is 0 Å². The van der Waals surface area contributed by atoms with Crippen molar-refractivity contribution in [2.75, 3.05) is 20.0 Å². The van der Waals surface area contributed by atoms with Crippen LogP contribution in [0.1, 0.15) is 17.5 Å². The maximum atomic E-state index is 5.65. The lowest BCUT2D eigenvalue weighted by Crippen LogP contribution is -2.27. The number of rotatable bonds is 2. The van der Waals surface area contributed by atoms with Gasteiger partial charge in [-0.3, -0.25) is 10.6 Å². The highest BCUT2D eigenvalue weighted by molar-refractivity contribution is 5.42. The van der Waals surface area contributed by atoms with Crippen molar-refractivity contribution >= 4 is 0 Å². The third-order valence-corrected chi connectivity index (χ3v) is 4.24. The maximum absolute atomic E-state index is 5.65. The molecule has 2 aliphatic heterocycles. The van der Waals surface area contributed by atoms with Crippen LogP contribution in [0.4, 0.5) is 0 Å². The van der Waals surface area contributed by atoms with E-state index in [1.54, 1.807) is 0 Å². The van der Waals surface area contributed by atoms with E-state index >= 15 is 0 Å². The Kier molecular flexibility index (Phi) is 3.70. The SMILES string of the molecule is C1=C(Cc2ccc3c(c2)CNCO3)CC=C2CNCOC2=C1. The monoisotopic (exact) mass is 296 g/mol. The molecule has 1 aromatic carbocycles. The number of hydrogen-bond acceptors (Lipinski definition) is 4. The van der Waals surface area contributed by atoms with Gasteiger partial charge in [-0.2, -0.15) is 0 Å². The summed E-state index contributed by atoms with van der Waals surface area (Å²) in [7, 11) is 0. The Morgan fingerprint density at radius 1 is 1.00 bits per heavy atom. The molecule has 1 aromatic rings. The van der Waals surface area contributed by atoms with Crippen molar-refractivity contribution in [1.29, 1.82) is 0 Å². The number of ether oxygens (including phenoxy) is 2. The second-order valence-corrected chi connectivity index (χ2v) is 5.84. The molecule has 2 heterocycles. The molecular formula is C18H20N2O2. The van der Waals surface area contributed by atoms with Crippen LogP contribution in [0.25, 0.3) is 0 Å². The highest BCUT2D eigenvalue weighted by atomic mass is 16.5. The molecule has 0 radical (unpaired) electrons. The Balaban J connectivity index is 1.53. The minimum atomic E-state index is 0.601. The zero-order chi connectivity index (χ0) is 14.8. The van der Waals surface area contributed by atoms with Crippen molar-refractivity contribution in [3.05, 3.63) is 64.5 Å². The molecular weight excluding hydrogens is 276 g/mol. The van der Waals surface area contributed by atoms with Gasteiger partial charge in [-0.15, -0.1) is 0 Å². The van der Waals surface area contributed by atoms with Crippen LogP contribution in [0.5, 0.6) is 5.75 Å². The fourth-order valence-electron chi connectivity index (χ4n) is 3.07. The standard InChI is InChI=1S/C18H20N2O2/c1-4-15-9-19-11-21-17(15)5-2-13(1)7-14-3-6-18-16(8-14)10-20-12-22-18/h2-6,8,19-20H,1,7,9-12H2. The van der Waals surface area contributed by atoms with Gasteiger partial charge in [0.15, 0.2) is 0 Å². The molecule has 0 amide bonds. The number of allylic oxidation sites excluding steroid dienone is 4. The smallest absolute Gasteiger partial charge is 0.139 e. The Morgan fingerprint density at radius 2 is 1.91 bits per heavy atom. The summed E-state index contributed by atoms with van der Waals surface area (Å²) >= 11 is 0. The third-order valence-electron chi connectivity index (χ3n) is 4.24. The van der Waals surface area contributed by atoms with Gasteiger partial charge in [0, 0.05) is 24.2 Å². The number of hydrogen-bond donors (Lipinski definition) is 2.